The third-order valence-corrected chi connectivity index (χ3v) is 11.0. The minimum Gasteiger partial charge on any atom is -0.107 e. The fraction of sp³-hybridized carbons (Fsp3) is 0.379. The van der Waals surface area contributed by atoms with Crippen LogP contribution in [-0.2, 0) is 0 Å². The summed E-state index contributed by atoms with van der Waals surface area (Å²) in [6.45, 7) is 4.36. The molecule has 2 saturated carbocycles. The van der Waals surface area contributed by atoms with E-state index in [-0.39, 0.29) is 4.08 Å². The highest BCUT2D eigenvalue weighted by atomic mass is 32.2. The predicted octanol–water partition coefficient (Wildman–Crippen LogP) is 9.02. The molecule has 5 rings (SSSR count). The van der Waals surface area contributed by atoms with Gasteiger partial charge in [-0.1, -0.05) is 65.7 Å². The van der Waals surface area contributed by atoms with Gasteiger partial charge in [0, 0.05) is 9.79 Å². The van der Waals surface area contributed by atoms with Gasteiger partial charge in [0.25, 0.3) is 0 Å². The van der Waals surface area contributed by atoms with E-state index in [1.54, 1.807) is 5.56 Å². The highest BCUT2D eigenvalue weighted by Gasteiger charge is 2.60. The molecule has 2 heteroatoms. The lowest BCUT2D eigenvalue weighted by atomic mass is 9.57. The lowest BCUT2D eigenvalue weighted by Crippen LogP contribution is -2.54. The van der Waals surface area contributed by atoms with Crippen LogP contribution in [0.4, 0.5) is 0 Å². The van der Waals surface area contributed by atoms with E-state index < -0.39 is 0 Å². The van der Waals surface area contributed by atoms with Crippen molar-refractivity contribution in [1.29, 1.82) is 0 Å². The molecule has 0 bridgehead atoms. The van der Waals surface area contributed by atoms with Gasteiger partial charge in [-0.3, -0.25) is 0 Å². The number of hydrogen-bond acceptors (Lipinski definition) is 2. The molecule has 0 amide bonds. The lowest BCUT2D eigenvalue weighted by molar-refractivity contribution is 0.0624. The summed E-state index contributed by atoms with van der Waals surface area (Å²) in [4.78, 5) is 2.85. The fourth-order valence-electron chi connectivity index (χ4n) is 5.48. The summed E-state index contributed by atoms with van der Waals surface area (Å²) in [5, 5.41) is 0. The van der Waals surface area contributed by atoms with Gasteiger partial charge in [0.1, 0.15) is 0 Å². The molecule has 0 heterocycles. The van der Waals surface area contributed by atoms with Gasteiger partial charge in [-0.15, -0.1) is 23.5 Å². The first kappa shape index (κ1) is 21.2. The third kappa shape index (κ3) is 4.22. The second-order valence-corrected chi connectivity index (χ2v) is 12.6. The van der Waals surface area contributed by atoms with E-state index in [0.717, 1.165) is 5.92 Å². The molecule has 0 atom stereocenters. The summed E-state index contributed by atoms with van der Waals surface area (Å²) in [6.07, 6.45) is 8.05. The van der Waals surface area contributed by atoms with Crippen molar-refractivity contribution in [3.8, 4) is 0 Å². The maximum absolute atomic E-state index is 2.33. The SMILES string of the molecule is Cc1ccc(SC2(Sc3ccc(C)cc3)CCC23CCC(c2ccccc2)CC3)cc1. The van der Waals surface area contributed by atoms with Crippen LogP contribution in [0.25, 0.3) is 0 Å². The van der Waals surface area contributed by atoms with Crippen LogP contribution < -0.4 is 0 Å². The van der Waals surface area contributed by atoms with E-state index in [1.807, 2.05) is 0 Å². The number of benzene rings is 3. The summed E-state index contributed by atoms with van der Waals surface area (Å²) in [5.74, 6) is 0.735. The van der Waals surface area contributed by atoms with Gasteiger partial charge in [-0.05, 0) is 93.5 Å². The van der Waals surface area contributed by atoms with Crippen molar-refractivity contribution in [2.24, 2.45) is 5.41 Å². The first-order valence-electron chi connectivity index (χ1n) is 11.6. The van der Waals surface area contributed by atoms with Crippen LogP contribution in [0.1, 0.15) is 61.1 Å². The van der Waals surface area contributed by atoms with E-state index >= 15 is 0 Å². The molecule has 0 unspecified atom stereocenters. The highest BCUT2D eigenvalue weighted by Crippen LogP contribution is 2.72. The van der Waals surface area contributed by atoms with Gasteiger partial charge < -0.3 is 0 Å². The normalized spacial score (nSPS) is 24.6. The van der Waals surface area contributed by atoms with E-state index in [9.17, 15) is 0 Å². The summed E-state index contributed by atoms with van der Waals surface area (Å²) in [6, 6.07) is 29.6. The van der Waals surface area contributed by atoms with Crippen LogP contribution in [0.3, 0.4) is 0 Å². The number of rotatable bonds is 5. The monoisotopic (exact) mass is 444 g/mol. The van der Waals surface area contributed by atoms with E-state index in [4.69, 9.17) is 0 Å². The molecule has 2 aliphatic rings. The van der Waals surface area contributed by atoms with Gasteiger partial charge in [0.05, 0.1) is 4.08 Å². The molecule has 0 radical (unpaired) electrons. The first-order chi connectivity index (χ1) is 15.1. The Bertz CT molecular complexity index is 949. The molecule has 0 aromatic heterocycles. The minimum absolute atomic E-state index is 0.249. The number of thioether (sulfide) groups is 2. The first-order valence-corrected chi connectivity index (χ1v) is 13.3. The second kappa shape index (κ2) is 8.71. The largest absolute Gasteiger partial charge is 0.107 e. The molecule has 160 valence electrons. The minimum atomic E-state index is 0.249. The topological polar surface area (TPSA) is 0 Å². The Kier molecular flexibility index (Phi) is 5.96. The molecule has 3 aromatic carbocycles. The molecule has 0 saturated heterocycles. The molecule has 0 nitrogen and oxygen atoms in total. The Morgan fingerprint density at radius 3 is 1.58 bits per heavy atom. The maximum Gasteiger partial charge on any atom is 0.0761 e. The van der Waals surface area contributed by atoms with Crippen LogP contribution in [-0.4, -0.2) is 4.08 Å². The van der Waals surface area contributed by atoms with Crippen LogP contribution in [0.5, 0.6) is 0 Å². The molecular weight excluding hydrogens is 412 g/mol. The van der Waals surface area contributed by atoms with Crippen LogP contribution in [0.15, 0.2) is 88.7 Å². The Hall–Kier alpha value is -1.64. The van der Waals surface area contributed by atoms with Crippen molar-refractivity contribution >= 4 is 23.5 Å². The van der Waals surface area contributed by atoms with Crippen LogP contribution >= 0.6 is 23.5 Å². The number of hydrogen-bond donors (Lipinski definition) is 0. The van der Waals surface area contributed by atoms with Gasteiger partial charge in [-0.25, -0.2) is 0 Å². The summed E-state index contributed by atoms with van der Waals surface area (Å²) >= 11 is 4.30. The quantitative estimate of drug-likeness (QED) is 0.360. The average Bonchev–Trinajstić information content (AvgIpc) is 2.81. The Balaban J connectivity index is 1.41. The highest BCUT2D eigenvalue weighted by molar-refractivity contribution is 8.18. The second-order valence-electron chi connectivity index (χ2n) is 9.55. The van der Waals surface area contributed by atoms with Crippen molar-refractivity contribution in [1.82, 2.24) is 0 Å². The summed E-state index contributed by atoms with van der Waals surface area (Å²) in [5.41, 5.74) is 4.68. The van der Waals surface area contributed by atoms with Crippen molar-refractivity contribution in [2.45, 2.75) is 72.2 Å². The Labute approximate surface area is 196 Å². The molecule has 2 aliphatic carbocycles. The molecule has 0 N–H and O–H groups in total. The smallest absolute Gasteiger partial charge is 0.0761 e. The molecule has 1 spiro atoms. The standard InChI is InChI=1S/C29H32S2/c1-22-8-12-26(13-9-22)30-29(31-27-14-10-23(2)11-15-27)21-20-28(29)18-16-25(17-19-28)24-6-4-3-5-7-24/h3-15,25H,16-21H2,1-2H3. The zero-order valence-electron chi connectivity index (χ0n) is 18.6. The molecular formula is C29H32S2. The third-order valence-electron chi connectivity index (χ3n) is 7.56. The van der Waals surface area contributed by atoms with Gasteiger partial charge in [0.15, 0.2) is 0 Å². The van der Waals surface area contributed by atoms with Crippen molar-refractivity contribution in [2.75, 3.05) is 0 Å². The zero-order valence-corrected chi connectivity index (χ0v) is 20.3. The van der Waals surface area contributed by atoms with Crippen molar-refractivity contribution in [3.63, 3.8) is 0 Å². The fourth-order valence-corrected chi connectivity index (χ4v) is 8.98. The zero-order chi connectivity index (χ0) is 21.3. The molecule has 2 fully saturated rings. The van der Waals surface area contributed by atoms with Gasteiger partial charge in [-0.2, -0.15) is 0 Å². The molecule has 31 heavy (non-hydrogen) atoms. The Morgan fingerprint density at radius 1 is 0.613 bits per heavy atom. The predicted molar refractivity (Wildman–Crippen MR) is 136 cm³/mol. The van der Waals surface area contributed by atoms with E-state index in [2.05, 4.69) is 116 Å². The van der Waals surface area contributed by atoms with E-state index in [1.165, 1.54) is 59.4 Å². The van der Waals surface area contributed by atoms with Gasteiger partial charge in [0.2, 0.25) is 0 Å². The molecule has 3 aromatic rings. The summed E-state index contributed by atoms with van der Waals surface area (Å²) < 4.78 is 0.249. The Morgan fingerprint density at radius 2 is 1.13 bits per heavy atom. The number of aryl methyl sites for hydroxylation is 2. The van der Waals surface area contributed by atoms with Crippen LogP contribution in [0.2, 0.25) is 0 Å². The van der Waals surface area contributed by atoms with E-state index in [0.29, 0.717) is 5.41 Å². The van der Waals surface area contributed by atoms with Crippen molar-refractivity contribution < 1.29 is 0 Å². The maximum atomic E-state index is 2.33. The average molecular weight is 445 g/mol. The molecule has 0 aliphatic heterocycles. The van der Waals surface area contributed by atoms with Crippen LogP contribution in [0, 0.1) is 19.3 Å². The van der Waals surface area contributed by atoms with Gasteiger partial charge >= 0.3 is 0 Å². The summed E-state index contributed by atoms with van der Waals surface area (Å²) in [7, 11) is 0. The van der Waals surface area contributed by atoms with Crippen molar-refractivity contribution in [3.05, 3.63) is 95.6 Å². The lowest BCUT2D eigenvalue weighted by Gasteiger charge is -2.61.